The van der Waals surface area contributed by atoms with Crippen LogP contribution < -0.4 is 10.6 Å². The van der Waals surface area contributed by atoms with Gasteiger partial charge in [0, 0.05) is 10.7 Å². The van der Waals surface area contributed by atoms with E-state index in [0.29, 0.717) is 5.96 Å². The van der Waals surface area contributed by atoms with Gasteiger partial charge in [0.15, 0.2) is 5.96 Å². The first-order valence-corrected chi connectivity index (χ1v) is 7.34. The Kier molecular flexibility index (Phi) is 3.17. The van der Waals surface area contributed by atoms with E-state index in [4.69, 9.17) is 17.3 Å². The monoisotopic (exact) mass is 277 g/mol. The molecular formula is C15H20ClN3. The summed E-state index contributed by atoms with van der Waals surface area (Å²) in [5.74, 6) is 1.47. The van der Waals surface area contributed by atoms with Crippen molar-refractivity contribution in [2.75, 3.05) is 11.4 Å². The number of aliphatic imine (C=N–C) groups is 1. The topological polar surface area (TPSA) is 41.6 Å². The molecule has 1 aromatic rings. The molecule has 2 N–H and O–H groups in total. The van der Waals surface area contributed by atoms with Crippen LogP contribution in [-0.4, -0.2) is 18.0 Å². The Morgan fingerprint density at radius 2 is 1.89 bits per heavy atom. The lowest BCUT2D eigenvalue weighted by Gasteiger charge is -2.43. The molecule has 0 atom stereocenters. The summed E-state index contributed by atoms with van der Waals surface area (Å²) in [6, 6.07) is 7.91. The van der Waals surface area contributed by atoms with Gasteiger partial charge in [-0.05, 0) is 55.9 Å². The highest BCUT2D eigenvalue weighted by molar-refractivity contribution is 6.30. The van der Waals surface area contributed by atoms with Crippen LogP contribution in [0.4, 0.5) is 5.69 Å². The lowest BCUT2D eigenvalue weighted by molar-refractivity contribution is 0.261. The largest absolute Gasteiger partial charge is 0.369 e. The third-order valence-electron chi connectivity index (χ3n) is 4.53. The maximum absolute atomic E-state index is 6.13. The average Bonchev–Trinajstić information content (AvgIpc) is 2.72. The first kappa shape index (κ1) is 12.8. The van der Waals surface area contributed by atoms with Crippen LogP contribution in [-0.2, 0) is 0 Å². The molecule has 0 amide bonds. The van der Waals surface area contributed by atoms with Gasteiger partial charge in [0.2, 0.25) is 0 Å². The number of benzene rings is 1. The van der Waals surface area contributed by atoms with Crippen LogP contribution in [0.25, 0.3) is 0 Å². The van der Waals surface area contributed by atoms with E-state index >= 15 is 0 Å². The summed E-state index contributed by atoms with van der Waals surface area (Å²) >= 11 is 5.97. The molecule has 19 heavy (non-hydrogen) atoms. The quantitative estimate of drug-likeness (QED) is 0.854. The van der Waals surface area contributed by atoms with Gasteiger partial charge in [0.1, 0.15) is 0 Å². The summed E-state index contributed by atoms with van der Waals surface area (Å²) in [6.07, 6.45) is 4.85. The molecule has 3 rings (SSSR count). The number of halogens is 1. The van der Waals surface area contributed by atoms with Crippen molar-refractivity contribution in [2.24, 2.45) is 16.6 Å². The van der Waals surface area contributed by atoms with Gasteiger partial charge in [-0.25, -0.2) is 0 Å². The van der Waals surface area contributed by atoms with Gasteiger partial charge in [-0.3, -0.25) is 4.99 Å². The number of anilines is 1. The van der Waals surface area contributed by atoms with Gasteiger partial charge in [-0.2, -0.15) is 0 Å². The van der Waals surface area contributed by atoms with Crippen molar-refractivity contribution in [2.45, 2.75) is 38.1 Å². The fourth-order valence-corrected chi connectivity index (χ4v) is 3.42. The average molecular weight is 278 g/mol. The molecule has 0 aromatic heterocycles. The van der Waals surface area contributed by atoms with E-state index in [2.05, 4.69) is 16.8 Å². The highest BCUT2D eigenvalue weighted by Gasteiger charge is 2.44. The predicted octanol–water partition coefficient (Wildman–Crippen LogP) is 3.42. The maximum atomic E-state index is 6.13. The summed E-state index contributed by atoms with van der Waals surface area (Å²) in [4.78, 5) is 6.74. The number of nitrogens with two attached hydrogens (primary N) is 1. The third kappa shape index (κ3) is 2.20. The van der Waals surface area contributed by atoms with E-state index in [9.17, 15) is 0 Å². The summed E-state index contributed by atoms with van der Waals surface area (Å²) in [7, 11) is 0. The Balaban J connectivity index is 1.92. The summed E-state index contributed by atoms with van der Waals surface area (Å²) in [6.45, 7) is 3.16. The van der Waals surface area contributed by atoms with Gasteiger partial charge < -0.3 is 10.6 Å². The normalized spacial score (nSPS) is 30.7. The van der Waals surface area contributed by atoms with Crippen LogP contribution in [0.5, 0.6) is 0 Å². The zero-order chi connectivity index (χ0) is 13.5. The molecule has 3 nitrogen and oxygen atoms in total. The van der Waals surface area contributed by atoms with E-state index in [-0.39, 0.29) is 5.54 Å². The van der Waals surface area contributed by atoms with Crippen molar-refractivity contribution in [1.29, 1.82) is 0 Å². The molecule has 1 saturated carbocycles. The van der Waals surface area contributed by atoms with E-state index in [1.165, 1.54) is 25.7 Å². The van der Waals surface area contributed by atoms with Crippen LogP contribution in [0, 0.1) is 5.92 Å². The molecule has 1 aliphatic heterocycles. The zero-order valence-electron chi connectivity index (χ0n) is 11.3. The molecule has 0 bridgehead atoms. The second-order valence-corrected chi connectivity index (χ2v) is 6.33. The number of hydrogen-bond donors (Lipinski definition) is 1. The second-order valence-electron chi connectivity index (χ2n) is 5.89. The number of guanidine groups is 1. The third-order valence-corrected chi connectivity index (χ3v) is 4.78. The molecule has 0 saturated heterocycles. The Labute approximate surface area is 119 Å². The van der Waals surface area contributed by atoms with Crippen LogP contribution in [0.2, 0.25) is 5.02 Å². The molecule has 1 heterocycles. The highest BCUT2D eigenvalue weighted by Crippen LogP contribution is 2.41. The number of hydrogen-bond acceptors (Lipinski definition) is 3. The Morgan fingerprint density at radius 3 is 2.53 bits per heavy atom. The van der Waals surface area contributed by atoms with E-state index in [1.807, 2.05) is 24.3 Å². The van der Waals surface area contributed by atoms with Gasteiger partial charge in [-0.1, -0.05) is 18.5 Å². The molecule has 2 aliphatic rings. The molecule has 0 unspecified atom stereocenters. The first-order valence-electron chi connectivity index (χ1n) is 6.96. The maximum Gasteiger partial charge on any atom is 0.196 e. The van der Waals surface area contributed by atoms with Crippen LogP contribution in [0.1, 0.15) is 32.6 Å². The minimum absolute atomic E-state index is 0.102. The minimum Gasteiger partial charge on any atom is -0.369 e. The van der Waals surface area contributed by atoms with E-state index in [1.54, 1.807) is 0 Å². The predicted molar refractivity (Wildman–Crippen MR) is 80.8 cm³/mol. The van der Waals surface area contributed by atoms with Crippen LogP contribution in [0.15, 0.2) is 29.3 Å². The molecular weight excluding hydrogens is 258 g/mol. The molecule has 1 spiro atoms. The molecule has 4 heteroatoms. The Hall–Kier alpha value is -1.22. The summed E-state index contributed by atoms with van der Waals surface area (Å²) < 4.78 is 0. The van der Waals surface area contributed by atoms with Crippen molar-refractivity contribution in [1.82, 2.24) is 0 Å². The van der Waals surface area contributed by atoms with Gasteiger partial charge in [-0.15, -0.1) is 0 Å². The fourth-order valence-electron chi connectivity index (χ4n) is 3.29. The minimum atomic E-state index is 0.102. The van der Waals surface area contributed by atoms with Crippen molar-refractivity contribution in [3.8, 4) is 0 Å². The van der Waals surface area contributed by atoms with Gasteiger partial charge in [0.25, 0.3) is 0 Å². The second kappa shape index (κ2) is 4.71. The molecule has 0 radical (unpaired) electrons. The van der Waals surface area contributed by atoms with Gasteiger partial charge in [0.05, 0.1) is 12.1 Å². The Morgan fingerprint density at radius 1 is 1.26 bits per heavy atom. The van der Waals surface area contributed by atoms with Crippen molar-refractivity contribution >= 4 is 23.2 Å². The summed E-state index contributed by atoms with van der Waals surface area (Å²) in [5, 5.41) is 0.754. The Bertz CT molecular complexity index is 487. The lowest BCUT2D eigenvalue weighted by atomic mass is 9.76. The van der Waals surface area contributed by atoms with Crippen LogP contribution >= 0.6 is 11.6 Å². The van der Waals surface area contributed by atoms with Gasteiger partial charge >= 0.3 is 0 Å². The van der Waals surface area contributed by atoms with E-state index < -0.39 is 0 Å². The van der Waals surface area contributed by atoms with Crippen molar-refractivity contribution in [3.05, 3.63) is 29.3 Å². The molecule has 1 aromatic carbocycles. The zero-order valence-corrected chi connectivity index (χ0v) is 12.0. The smallest absolute Gasteiger partial charge is 0.196 e. The van der Waals surface area contributed by atoms with Crippen molar-refractivity contribution in [3.63, 3.8) is 0 Å². The molecule has 1 fully saturated rings. The van der Waals surface area contributed by atoms with E-state index in [0.717, 1.165) is 23.2 Å². The first-order chi connectivity index (χ1) is 9.11. The number of rotatable bonds is 1. The van der Waals surface area contributed by atoms with Crippen molar-refractivity contribution < 1.29 is 0 Å². The summed E-state index contributed by atoms with van der Waals surface area (Å²) in [5.41, 5.74) is 7.34. The molecule has 1 aliphatic carbocycles. The van der Waals surface area contributed by atoms with Crippen LogP contribution in [0.3, 0.4) is 0 Å². The fraction of sp³-hybridized carbons (Fsp3) is 0.533. The lowest BCUT2D eigenvalue weighted by Crippen LogP contribution is -2.53. The highest BCUT2D eigenvalue weighted by atomic mass is 35.5. The number of nitrogens with zero attached hydrogens (tertiary/aromatic N) is 2. The molecule has 102 valence electrons. The SMILES string of the molecule is CC1CCC2(CC1)CN=C(N)N2c1ccc(Cl)cc1. The standard InChI is InChI=1S/C15H20ClN3/c1-11-6-8-15(9-7-11)10-18-14(17)19(15)13-4-2-12(16)3-5-13/h2-5,11H,6-10H2,1H3,(H2,17,18).